The highest BCUT2D eigenvalue weighted by Gasteiger charge is 2.33. The van der Waals surface area contributed by atoms with Crippen molar-refractivity contribution in [1.82, 2.24) is 30.2 Å². The van der Waals surface area contributed by atoms with Gasteiger partial charge >= 0.3 is 18.3 Å². The summed E-state index contributed by atoms with van der Waals surface area (Å²) < 4.78 is 85.7. The average molecular weight is 1130 g/mol. The maximum Gasteiger partial charge on any atom is 0.416 e. The molecule has 0 radical (unpaired) electrons. The van der Waals surface area contributed by atoms with E-state index in [-0.39, 0.29) is 49.1 Å². The second kappa shape index (κ2) is 24.9. The van der Waals surface area contributed by atoms with E-state index in [4.69, 9.17) is 51.1 Å². The molecule has 2 heterocycles. The Balaban J connectivity index is 0.000000275. The van der Waals surface area contributed by atoms with Gasteiger partial charge in [-0.05, 0) is 97.8 Å². The zero-order chi connectivity index (χ0) is 53.6. The van der Waals surface area contributed by atoms with Crippen molar-refractivity contribution >= 4 is 64.2 Å². The molecule has 0 aliphatic heterocycles. The van der Waals surface area contributed by atoms with Crippen molar-refractivity contribution in [2.45, 2.75) is 53.1 Å². The second-order valence-corrected chi connectivity index (χ2v) is 17.8. The molecule has 0 unspecified atom stereocenters. The normalized spacial score (nSPS) is 11.9. The molecule has 8 aromatic rings. The van der Waals surface area contributed by atoms with Crippen molar-refractivity contribution in [1.29, 1.82) is 0 Å². The van der Waals surface area contributed by atoms with Crippen LogP contribution in [-0.4, -0.2) is 54.2 Å². The highest BCUT2D eigenvalue weighted by molar-refractivity contribution is 6.33. The second-order valence-electron chi connectivity index (χ2n) is 16.1. The first kappa shape index (κ1) is 59.4. The molecule has 22 heteroatoms. The van der Waals surface area contributed by atoms with Gasteiger partial charge in [0.2, 0.25) is 0 Å². The van der Waals surface area contributed by atoms with Gasteiger partial charge in [-0.25, -0.2) is 14.2 Å². The number of aliphatic carboxylic acids is 1. The highest BCUT2D eigenvalue weighted by Crippen LogP contribution is 2.40. The molecule has 2 atom stereocenters. The lowest BCUT2D eigenvalue weighted by Gasteiger charge is -2.15. The van der Waals surface area contributed by atoms with E-state index in [2.05, 4.69) is 20.8 Å². The topological polar surface area (TPSA) is 161 Å². The number of carboxylic acid groups (broad SMARTS) is 1. The molecule has 6 aromatic carbocycles. The number of aromatic nitrogens is 4. The number of benzene rings is 6. The summed E-state index contributed by atoms with van der Waals surface area (Å²) in [4.78, 5) is 37.9. The number of carbonyl (C=O) groups excluding carboxylic acids is 2. The van der Waals surface area contributed by atoms with E-state index in [1.165, 1.54) is 33.6 Å². The van der Waals surface area contributed by atoms with Crippen LogP contribution in [0.2, 0.25) is 20.1 Å². The molecule has 0 fully saturated rings. The van der Waals surface area contributed by atoms with E-state index in [1.807, 2.05) is 0 Å². The van der Waals surface area contributed by atoms with Crippen LogP contribution in [0.3, 0.4) is 0 Å². The Bertz CT molecular complexity index is 3320. The van der Waals surface area contributed by atoms with Gasteiger partial charge in [-0.2, -0.15) is 36.5 Å². The number of carbonyl (C=O) groups is 3. The number of para-hydroxylation sites is 2. The molecule has 2 amide bonds. The number of aromatic hydroxyl groups is 1. The van der Waals surface area contributed by atoms with Crippen LogP contribution < -0.4 is 15.4 Å². The molecule has 0 bridgehead atoms. The van der Waals surface area contributed by atoms with Gasteiger partial charge in [0.15, 0.2) is 29.5 Å². The monoisotopic (exact) mass is 1130 g/mol. The van der Waals surface area contributed by atoms with Gasteiger partial charge in [-0.15, -0.1) is 0 Å². The van der Waals surface area contributed by atoms with Crippen molar-refractivity contribution in [3.63, 3.8) is 0 Å². The zero-order valence-corrected chi connectivity index (χ0v) is 41.3. The summed E-state index contributed by atoms with van der Waals surface area (Å²) in [7, 11) is 0. The molecule has 2 aromatic heterocycles. The van der Waals surface area contributed by atoms with Crippen molar-refractivity contribution in [2.75, 3.05) is 6.61 Å². The first-order chi connectivity index (χ1) is 35.0. The van der Waals surface area contributed by atoms with E-state index in [0.717, 1.165) is 24.3 Å². The van der Waals surface area contributed by atoms with Crippen LogP contribution in [0, 0.1) is 0 Å². The van der Waals surface area contributed by atoms with Gasteiger partial charge in [0, 0.05) is 21.2 Å². The third-order valence-corrected chi connectivity index (χ3v) is 12.2. The lowest BCUT2D eigenvalue weighted by molar-refractivity contribution is -0.139. The largest absolute Gasteiger partial charge is 0.504 e. The Hall–Kier alpha value is -7.51. The van der Waals surface area contributed by atoms with E-state index < -0.39 is 60.0 Å². The zero-order valence-electron chi connectivity index (χ0n) is 38.3. The molecule has 0 aliphatic carbocycles. The van der Waals surface area contributed by atoms with E-state index in [1.54, 1.807) is 111 Å². The summed E-state index contributed by atoms with van der Waals surface area (Å²) in [5, 5.41) is 36.0. The molecule has 76 heavy (non-hydrogen) atoms. The Morgan fingerprint density at radius 1 is 0.566 bits per heavy atom. The van der Waals surface area contributed by atoms with Gasteiger partial charge in [0.25, 0.3) is 11.8 Å². The fourth-order valence-corrected chi connectivity index (χ4v) is 8.01. The van der Waals surface area contributed by atoms with Crippen LogP contribution in [0.15, 0.2) is 146 Å². The van der Waals surface area contributed by atoms with Crippen molar-refractivity contribution in [3.8, 4) is 45.4 Å². The fourth-order valence-electron chi connectivity index (χ4n) is 7.33. The fraction of sp³-hybridized carbons (Fsp3) is 0.167. The lowest BCUT2D eigenvalue weighted by Crippen LogP contribution is -2.28. The summed E-state index contributed by atoms with van der Waals surface area (Å²) in [6, 6.07) is 34.0. The van der Waals surface area contributed by atoms with E-state index in [9.17, 15) is 50.9 Å². The summed E-state index contributed by atoms with van der Waals surface area (Å²) in [6.07, 6.45) is -8.95. The van der Waals surface area contributed by atoms with Crippen molar-refractivity contribution < 1.29 is 55.7 Å². The number of ether oxygens (including phenoxy) is 1. The molecular formula is C54H46Cl4F6N6O6. The smallest absolute Gasteiger partial charge is 0.416 e. The molecule has 0 spiro atoms. The third kappa shape index (κ3) is 13.9. The van der Waals surface area contributed by atoms with Gasteiger partial charge < -0.3 is 25.6 Å². The predicted octanol–water partition coefficient (Wildman–Crippen LogP) is 15.2. The number of amides is 2. The summed E-state index contributed by atoms with van der Waals surface area (Å²) in [6.45, 7) is 2.43. The summed E-state index contributed by atoms with van der Waals surface area (Å²) >= 11 is 24.8. The highest BCUT2D eigenvalue weighted by atomic mass is 35.5. The minimum absolute atomic E-state index is 0. The van der Waals surface area contributed by atoms with Gasteiger partial charge in [-0.3, -0.25) is 9.59 Å². The standard InChI is InChI=1S/C27H20Cl2F3N3O4.C25H18Cl2F3N3O2.2CH4/c1-15(16-6-10-18(11-7-16)27(30,31)32)33-26(38)23-25(39-14-22(36)37)24(17-8-12-19(28)13-9-17)35(34-23)21-5-3-2-4-20(21)29;1-14(15-6-10-17(11-7-15)25(28,29)30)31-24(35)21-23(34)22(16-8-12-18(26)13-9-16)33(32-21)20-5-3-2-4-19(20)27;;/h2-13,15H,14H2,1H3,(H,33,38)(H,36,37);2-14,34H,1H3,(H,31,35);2*1H4/t15-;14-;;/m11../s1. The minimum Gasteiger partial charge on any atom is -0.504 e. The Morgan fingerprint density at radius 2 is 0.934 bits per heavy atom. The van der Waals surface area contributed by atoms with Crippen LogP contribution in [0.5, 0.6) is 11.5 Å². The number of carboxylic acids is 1. The van der Waals surface area contributed by atoms with Crippen LogP contribution in [0.4, 0.5) is 26.3 Å². The van der Waals surface area contributed by atoms with Crippen molar-refractivity contribution in [3.05, 3.63) is 199 Å². The van der Waals surface area contributed by atoms with Gasteiger partial charge in [0.05, 0.1) is 44.6 Å². The maximum absolute atomic E-state index is 13.4. The first-order valence-corrected chi connectivity index (χ1v) is 23.3. The van der Waals surface area contributed by atoms with E-state index in [0.29, 0.717) is 53.7 Å². The molecular weight excluding hydrogens is 1080 g/mol. The summed E-state index contributed by atoms with van der Waals surface area (Å²) in [5.74, 6) is -3.26. The van der Waals surface area contributed by atoms with Crippen LogP contribution >= 0.6 is 46.4 Å². The van der Waals surface area contributed by atoms with E-state index >= 15 is 0 Å². The molecule has 12 nitrogen and oxygen atoms in total. The number of hydrogen-bond acceptors (Lipinski definition) is 7. The molecule has 8 rings (SSSR count). The number of halogens is 10. The molecule has 0 saturated carbocycles. The lowest BCUT2D eigenvalue weighted by atomic mass is 10.1. The number of nitrogens with one attached hydrogen (secondary N) is 2. The molecule has 4 N–H and O–H groups in total. The number of alkyl halides is 6. The first-order valence-electron chi connectivity index (χ1n) is 21.8. The van der Waals surface area contributed by atoms with Crippen LogP contribution in [-0.2, 0) is 17.1 Å². The van der Waals surface area contributed by atoms with Crippen LogP contribution in [0.25, 0.3) is 33.9 Å². The van der Waals surface area contributed by atoms with Crippen LogP contribution in [0.1, 0.15) is 84.0 Å². The Morgan fingerprint density at radius 3 is 1.33 bits per heavy atom. The molecule has 398 valence electrons. The Labute approximate surface area is 452 Å². The number of nitrogens with zero attached hydrogens (tertiary/aromatic N) is 4. The maximum atomic E-state index is 13.4. The Kier molecular flexibility index (Phi) is 19.4. The summed E-state index contributed by atoms with van der Waals surface area (Å²) in [5.41, 5.74) is 1.06. The third-order valence-electron chi connectivity index (χ3n) is 11.0. The number of hydrogen-bond donors (Lipinski definition) is 4. The predicted molar refractivity (Wildman–Crippen MR) is 281 cm³/mol. The average Bonchev–Trinajstić information content (AvgIpc) is 3.91. The molecule has 0 saturated heterocycles. The number of rotatable bonds is 13. The SMILES string of the molecule is C.C.C[C@@H](NC(=O)c1nn(-c2ccccc2Cl)c(-c2ccc(Cl)cc2)c1O)c1ccc(C(F)(F)F)cc1.C[C@@H](NC(=O)c1nn(-c2ccccc2Cl)c(-c2ccc(Cl)cc2)c1OCC(=O)O)c1ccc(C(F)(F)F)cc1. The van der Waals surface area contributed by atoms with Gasteiger partial charge in [-0.1, -0.05) is 134 Å². The van der Waals surface area contributed by atoms with Crippen molar-refractivity contribution in [2.24, 2.45) is 0 Å². The quantitative estimate of drug-likeness (QED) is 0.0830. The van der Waals surface area contributed by atoms with Gasteiger partial charge in [0.1, 0.15) is 11.4 Å². The minimum atomic E-state index is -4.50. The molecule has 0 aliphatic rings.